The fourth-order valence-electron chi connectivity index (χ4n) is 13.0. The number of fused-ring (bicyclic) bond motifs is 10. The van der Waals surface area contributed by atoms with Crippen LogP contribution in [0.15, 0.2) is 12.1 Å². The van der Waals surface area contributed by atoms with E-state index in [-0.39, 0.29) is 17.6 Å². The molecule has 9 nitrogen and oxygen atoms in total. The minimum absolute atomic E-state index is 0.0937. The van der Waals surface area contributed by atoms with Crippen molar-refractivity contribution in [1.82, 2.24) is 4.98 Å². The van der Waals surface area contributed by atoms with E-state index in [1.807, 2.05) is 6.07 Å². The monoisotopic (exact) mass is 661 g/mol. The van der Waals surface area contributed by atoms with Crippen LogP contribution < -0.4 is 0 Å². The molecule has 9 rings (SSSR count). The number of rotatable bonds is 2. The van der Waals surface area contributed by atoms with Crippen LogP contribution in [0.25, 0.3) is 10.9 Å². The van der Waals surface area contributed by atoms with Gasteiger partial charge in [0.05, 0.1) is 23.2 Å². The van der Waals surface area contributed by atoms with E-state index < -0.39 is 69.2 Å². The van der Waals surface area contributed by atoms with Crippen molar-refractivity contribution in [3.63, 3.8) is 0 Å². The predicted molar refractivity (Wildman–Crippen MR) is 177 cm³/mol. The summed E-state index contributed by atoms with van der Waals surface area (Å²) in [5, 5.41) is 26.0. The molecule has 0 amide bonds. The largest absolute Gasteiger partial charge is 0.457 e. The van der Waals surface area contributed by atoms with Crippen molar-refractivity contribution in [3.05, 3.63) is 34.5 Å². The van der Waals surface area contributed by atoms with Gasteiger partial charge in [-0.25, -0.2) is 0 Å². The molecule has 4 unspecified atom stereocenters. The van der Waals surface area contributed by atoms with Crippen molar-refractivity contribution in [2.45, 2.75) is 159 Å². The summed E-state index contributed by atoms with van der Waals surface area (Å²) in [5.74, 6) is -0.0213. The van der Waals surface area contributed by atoms with E-state index in [4.69, 9.17) is 18.9 Å². The minimum Gasteiger partial charge on any atom is -0.457 e. The molecule has 7 aliphatic rings. The number of aromatic nitrogens is 1. The van der Waals surface area contributed by atoms with Gasteiger partial charge < -0.3 is 34.1 Å². The van der Waals surface area contributed by atoms with Crippen LogP contribution in [-0.4, -0.2) is 79.4 Å². The Morgan fingerprint density at radius 2 is 1.75 bits per heavy atom. The first-order valence-corrected chi connectivity index (χ1v) is 18.1. The molecule has 1 aromatic heterocycles. The highest BCUT2D eigenvalue weighted by molar-refractivity contribution is 6.06. The second-order valence-corrected chi connectivity index (χ2v) is 18.4. The van der Waals surface area contributed by atoms with Crippen LogP contribution in [-0.2, 0) is 42.0 Å². The lowest BCUT2D eigenvalue weighted by Gasteiger charge is -2.66. The maximum Gasteiger partial charge on any atom is 0.303 e. The number of aliphatic hydroxyl groups excluding tert-OH is 1. The average Bonchev–Trinajstić information content (AvgIpc) is 3.48. The number of H-pyrrole nitrogens is 1. The number of aromatic amines is 1. The summed E-state index contributed by atoms with van der Waals surface area (Å²) in [6.45, 7) is 17.8. The Hall–Kier alpha value is -2.30. The van der Waals surface area contributed by atoms with Crippen molar-refractivity contribution in [2.75, 3.05) is 0 Å². The van der Waals surface area contributed by atoms with E-state index in [0.717, 1.165) is 35.9 Å². The Balaban J connectivity index is 1.13. The van der Waals surface area contributed by atoms with Gasteiger partial charge >= 0.3 is 5.97 Å². The number of benzene rings is 1. The molecule has 3 saturated heterocycles. The molecule has 3 aliphatic heterocycles. The minimum atomic E-state index is -1.26. The van der Waals surface area contributed by atoms with Crippen molar-refractivity contribution < 1.29 is 38.7 Å². The Bertz CT molecular complexity index is 1810. The molecular weight excluding hydrogens is 610 g/mol. The van der Waals surface area contributed by atoms with Gasteiger partial charge in [0.1, 0.15) is 29.5 Å². The lowest BCUT2D eigenvalue weighted by molar-refractivity contribution is -0.282. The van der Waals surface area contributed by atoms with Crippen LogP contribution in [0.3, 0.4) is 0 Å². The van der Waals surface area contributed by atoms with E-state index >= 15 is 0 Å². The molecule has 0 radical (unpaired) electrons. The Morgan fingerprint density at radius 1 is 1.02 bits per heavy atom. The zero-order valence-corrected chi connectivity index (χ0v) is 29.8. The lowest BCUT2D eigenvalue weighted by atomic mass is 9.40. The molecule has 2 saturated carbocycles. The predicted octanol–water partition coefficient (Wildman–Crippen LogP) is 5.09. The van der Waals surface area contributed by atoms with Crippen LogP contribution in [0.5, 0.6) is 0 Å². The van der Waals surface area contributed by atoms with Gasteiger partial charge in [0.25, 0.3) is 0 Å². The molecule has 48 heavy (non-hydrogen) atoms. The molecular formula is C39H51NO8. The number of epoxide rings is 1. The third-order valence-corrected chi connectivity index (χ3v) is 15.2. The number of Topliss-reactive ketones (excluding diaryl/α,β-unsaturated/α-hetero) is 1. The van der Waals surface area contributed by atoms with Crippen LogP contribution in [0.2, 0.25) is 0 Å². The van der Waals surface area contributed by atoms with Gasteiger partial charge in [0.15, 0.2) is 11.4 Å². The van der Waals surface area contributed by atoms with E-state index in [2.05, 4.69) is 52.6 Å². The molecule has 0 bridgehead atoms. The molecule has 2 aromatic rings. The van der Waals surface area contributed by atoms with E-state index in [0.29, 0.717) is 25.2 Å². The highest BCUT2D eigenvalue weighted by Gasteiger charge is 2.86. The van der Waals surface area contributed by atoms with Crippen LogP contribution in [0.4, 0.5) is 0 Å². The van der Waals surface area contributed by atoms with Gasteiger partial charge in [-0.2, -0.15) is 0 Å². The Labute approximate surface area is 282 Å². The number of hydrogen-bond donors (Lipinski definition) is 3. The van der Waals surface area contributed by atoms with E-state index in [1.54, 1.807) is 13.8 Å². The number of aliphatic hydroxyl groups is 2. The zero-order valence-electron chi connectivity index (χ0n) is 29.8. The average molecular weight is 662 g/mol. The summed E-state index contributed by atoms with van der Waals surface area (Å²) in [6.07, 6.45) is 1.55. The Morgan fingerprint density at radius 3 is 2.46 bits per heavy atom. The normalized spacial score (nSPS) is 46.1. The van der Waals surface area contributed by atoms with Crippen LogP contribution in [0, 0.1) is 23.2 Å². The highest BCUT2D eigenvalue weighted by atomic mass is 16.7. The fraction of sp³-hybridized carbons (Fsp3) is 0.744. The zero-order chi connectivity index (χ0) is 34.4. The van der Waals surface area contributed by atoms with Gasteiger partial charge in [-0.05, 0) is 109 Å². The lowest BCUT2D eigenvalue weighted by Crippen LogP contribution is -2.76. The molecule has 11 atom stereocenters. The van der Waals surface area contributed by atoms with E-state index in [1.165, 1.54) is 23.6 Å². The summed E-state index contributed by atoms with van der Waals surface area (Å²) < 4.78 is 25.3. The first-order chi connectivity index (χ1) is 22.3. The van der Waals surface area contributed by atoms with Crippen molar-refractivity contribution in [1.29, 1.82) is 0 Å². The fourth-order valence-corrected chi connectivity index (χ4v) is 13.0. The number of ether oxygens (including phenoxy) is 4. The van der Waals surface area contributed by atoms with Crippen molar-refractivity contribution >= 4 is 22.7 Å². The molecule has 1 spiro atoms. The third-order valence-electron chi connectivity index (χ3n) is 15.2. The van der Waals surface area contributed by atoms with Gasteiger partial charge in [-0.1, -0.05) is 13.8 Å². The molecule has 260 valence electrons. The van der Waals surface area contributed by atoms with Crippen LogP contribution >= 0.6 is 0 Å². The van der Waals surface area contributed by atoms with Gasteiger partial charge in [0, 0.05) is 45.8 Å². The molecule has 5 fully saturated rings. The maximum absolute atomic E-state index is 14.2. The number of ketones is 1. The Kier molecular flexibility index (Phi) is 5.90. The number of carbonyl (C=O) groups is 2. The summed E-state index contributed by atoms with van der Waals surface area (Å²) in [7, 11) is 0. The van der Waals surface area contributed by atoms with Crippen molar-refractivity contribution in [3.8, 4) is 0 Å². The molecule has 1 aromatic carbocycles. The van der Waals surface area contributed by atoms with Gasteiger partial charge in [-0.15, -0.1) is 0 Å². The summed E-state index contributed by atoms with van der Waals surface area (Å²) in [4.78, 5) is 30.0. The summed E-state index contributed by atoms with van der Waals surface area (Å²) in [5.41, 5.74) is 0.212. The first-order valence-electron chi connectivity index (χ1n) is 18.1. The first kappa shape index (κ1) is 31.7. The third kappa shape index (κ3) is 3.37. The summed E-state index contributed by atoms with van der Waals surface area (Å²) >= 11 is 0. The number of carbonyl (C=O) groups excluding carboxylic acids is 2. The number of hydrogen-bond acceptors (Lipinski definition) is 8. The number of nitrogens with one attached hydrogen (secondary N) is 1. The molecule has 4 aliphatic carbocycles. The standard InChI is InChI=1S/C39H51NO8/c1-18(41)46-35(6,7)31-29(43)32-39(47-32)25(45-31)13-14-36(8)37(9)19(12-15-38(36,39)44)16-22-26-21-17-23-27(34(4,5)48-33(23,2)3)28(42)20(21)10-11-24(26)40-30(22)37/h10-11,19,23,25,27,29,31-32,40,43-44H,12-17H2,1-9H3/t19?,23?,25-,27?,29+,31-,32+,36?,37+,38-,39-/m0/s1. The highest BCUT2D eigenvalue weighted by Crippen LogP contribution is 2.75. The smallest absolute Gasteiger partial charge is 0.303 e. The SMILES string of the molecule is CC(=O)OC(C)(C)[C@H]1O[C@H]2CCC3(C)[C@@]4(C)c5[nH]c6ccc7c(c6c5CC4CC[C@@]3(O)[C@]23O[C@@H]3[C@@H]1O)CC1C(C7=O)C(C)(C)OC1(C)C. The van der Waals surface area contributed by atoms with Crippen molar-refractivity contribution in [2.24, 2.45) is 23.2 Å². The molecule has 4 heterocycles. The number of esters is 1. The maximum atomic E-state index is 14.2. The molecule has 3 N–H and O–H groups in total. The topological polar surface area (TPSA) is 131 Å². The van der Waals surface area contributed by atoms with E-state index in [9.17, 15) is 19.8 Å². The second-order valence-electron chi connectivity index (χ2n) is 18.4. The quantitative estimate of drug-likeness (QED) is 0.300. The van der Waals surface area contributed by atoms with Gasteiger partial charge in [-0.3, -0.25) is 9.59 Å². The summed E-state index contributed by atoms with van der Waals surface area (Å²) in [6, 6.07) is 4.10. The molecule has 9 heteroatoms. The second kappa shape index (κ2) is 8.94. The van der Waals surface area contributed by atoms with Crippen LogP contribution in [0.1, 0.15) is 115 Å². The van der Waals surface area contributed by atoms with Gasteiger partial charge in [0.2, 0.25) is 0 Å².